The van der Waals surface area contributed by atoms with Gasteiger partial charge in [-0.05, 0) is 128 Å². The summed E-state index contributed by atoms with van der Waals surface area (Å²) in [5, 5.41) is 8.29. The van der Waals surface area contributed by atoms with Crippen molar-refractivity contribution in [3.8, 4) is 0 Å². The Bertz CT molecular complexity index is 907. The van der Waals surface area contributed by atoms with Crippen LogP contribution < -0.4 is 0 Å². The van der Waals surface area contributed by atoms with Crippen molar-refractivity contribution in [2.24, 2.45) is 17.3 Å². The van der Waals surface area contributed by atoms with E-state index in [0.717, 1.165) is 108 Å². The van der Waals surface area contributed by atoms with Crippen molar-refractivity contribution in [2.75, 3.05) is 33.9 Å². The highest BCUT2D eigenvalue weighted by Crippen LogP contribution is 2.52. The molecule has 7 heteroatoms. The zero-order valence-corrected chi connectivity index (χ0v) is 35.5. The van der Waals surface area contributed by atoms with Gasteiger partial charge in [0.2, 0.25) is 0 Å². The predicted octanol–water partition coefficient (Wildman–Crippen LogP) is 12.8. The second-order valence-electron chi connectivity index (χ2n) is 17.5. The first kappa shape index (κ1) is 47.5. The monoisotopic (exact) mass is 747 g/mol. The van der Waals surface area contributed by atoms with Crippen LogP contribution >= 0.6 is 0 Å². The smallest absolute Gasteiger partial charge is 0.306 e. The van der Waals surface area contributed by atoms with E-state index in [0.29, 0.717) is 32.0 Å². The molecule has 3 fully saturated rings. The normalized spacial score (nSPS) is 18.8. The summed E-state index contributed by atoms with van der Waals surface area (Å²) >= 11 is 0. The van der Waals surface area contributed by atoms with Crippen molar-refractivity contribution < 1.29 is 23.8 Å². The minimum atomic E-state index is -0.0473. The van der Waals surface area contributed by atoms with Crippen LogP contribution in [0.25, 0.3) is 0 Å². The minimum absolute atomic E-state index is 0.0225. The van der Waals surface area contributed by atoms with Crippen LogP contribution in [0.15, 0.2) is 0 Å². The lowest BCUT2D eigenvalue weighted by atomic mass is 9.59. The van der Waals surface area contributed by atoms with E-state index in [-0.39, 0.29) is 23.5 Å². The molecule has 3 aliphatic carbocycles. The second kappa shape index (κ2) is 30.6. The van der Waals surface area contributed by atoms with Crippen LogP contribution in [0.4, 0.5) is 0 Å². The number of esters is 2. The molecular formula is C46H86N2O5. The third-order valence-electron chi connectivity index (χ3n) is 12.4. The van der Waals surface area contributed by atoms with Crippen molar-refractivity contribution in [3.05, 3.63) is 0 Å². The van der Waals surface area contributed by atoms with Crippen LogP contribution in [0.1, 0.15) is 219 Å². The lowest BCUT2D eigenvalue weighted by molar-refractivity contribution is -0.150. The number of fused-ring (bicyclic) bond motifs is 3. The Morgan fingerprint density at radius 1 is 0.623 bits per heavy atom. The maximum absolute atomic E-state index is 12.6. The van der Waals surface area contributed by atoms with Gasteiger partial charge in [0, 0.05) is 12.8 Å². The number of hydrogen-bond acceptors (Lipinski definition) is 7. The van der Waals surface area contributed by atoms with Crippen molar-refractivity contribution in [1.82, 2.24) is 4.90 Å². The number of rotatable bonds is 35. The molecule has 1 N–H and O–H groups in total. The van der Waals surface area contributed by atoms with Crippen LogP contribution in [-0.2, 0) is 23.8 Å². The fraction of sp³-hybridized carbons (Fsp3) is 0.935. The number of ether oxygens (including phenoxy) is 3. The lowest BCUT2D eigenvalue weighted by Crippen LogP contribution is -2.36. The van der Waals surface area contributed by atoms with Gasteiger partial charge in [0.15, 0.2) is 5.90 Å². The van der Waals surface area contributed by atoms with Gasteiger partial charge in [-0.3, -0.25) is 15.0 Å². The Labute approximate surface area is 327 Å². The van der Waals surface area contributed by atoms with Crippen LogP contribution in [0.3, 0.4) is 0 Å². The molecule has 0 aromatic rings. The van der Waals surface area contributed by atoms with E-state index in [1.165, 1.54) is 103 Å². The summed E-state index contributed by atoms with van der Waals surface area (Å²) in [5.74, 6) is 2.12. The quantitative estimate of drug-likeness (QED) is 0.0301. The molecule has 0 amide bonds. The van der Waals surface area contributed by atoms with Crippen LogP contribution in [0, 0.1) is 22.7 Å². The topological polar surface area (TPSA) is 88.9 Å². The average molecular weight is 747 g/mol. The highest BCUT2D eigenvalue weighted by molar-refractivity contribution is 5.72. The third kappa shape index (κ3) is 24.5. The molecule has 0 saturated heterocycles. The maximum atomic E-state index is 12.6. The molecule has 0 radical (unpaired) electrons. The molecular weight excluding hydrogens is 661 g/mol. The molecule has 53 heavy (non-hydrogen) atoms. The van der Waals surface area contributed by atoms with Crippen molar-refractivity contribution >= 4 is 17.8 Å². The first-order valence-corrected chi connectivity index (χ1v) is 22.9. The number of unbranched alkanes of at least 4 members (excludes halogenated alkanes) is 13. The Morgan fingerprint density at radius 3 is 1.75 bits per heavy atom. The SMILES string of the molecule is CCCCCC(CCCCC)CCOC(=N)CCCCCCCC(CCCCCCCCOC(=O)CC12CCC(CC1)CC2)OC(=O)CCCN(C)C. The fourth-order valence-corrected chi connectivity index (χ4v) is 8.78. The first-order chi connectivity index (χ1) is 25.7. The summed E-state index contributed by atoms with van der Waals surface area (Å²) < 4.78 is 17.5. The maximum Gasteiger partial charge on any atom is 0.306 e. The summed E-state index contributed by atoms with van der Waals surface area (Å²) in [7, 11) is 4.08. The number of nitrogens with zero attached hydrogens (tertiary/aromatic N) is 1. The highest BCUT2D eigenvalue weighted by Gasteiger charge is 2.41. The largest absolute Gasteiger partial charge is 0.481 e. The van der Waals surface area contributed by atoms with Gasteiger partial charge >= 0.3 is 11.9 Å². The third-order valence-corrected chi connectivity index (χ3v) is 12.4. The Balaban J connectivity index is 1.54. The van der Waals surface area contributed by atoms with Gasteiger partial charge in [-0.1, -0.05) is 110 Å². The zero-order valence-electron chi connectivity index (χ0n) is 35.5. The highest BCUT2D eigenvalue weighted by atomic mass is 16.5. The van der Waals surface area contributed by atoms with E-state index in [4.69, 9.17) is 19.6 Å². The van der Waals surface area contributed by atoms with Crippen LogP contribution in [0.2, 0.25) is 0 Å². The number of carbonyl (C=O) groups is 2. The van der Waals surface area contributed by atoms with E-state index >= 15 is 0 Å². The molecule has 3 rings (SSSR count). The number of carbonyl (C=O) groups excluding carboxylic acids is 2. The standard InChI is InChI=1S/C46H86N2O5/c1-5-7-16-23-40(24-17-8-6-2)32-38-51-43(47)27-20-14-11-13-19-26-42(53-44(49)28-22-36-48(3)4)25-18-12-9-10-15-21-37-52-45(50)39-46-33-29-41(30-34-46)31-35-46/h40-42,47H,5-39H2,1-4H3. The van der Waals surface area contributed by atoms with E-state index in [2.05, 4.69) is 18.7 Å². The Morgan fingerprint density at radius 2 is 1.17 bits per heavy atom. The molecule has 3 saturated carbocycles. The molecule has 0 spiro atoms. The molecule has 310 valence electrons. The molecule has 0 heterocycles. The lowest BCUT2D eigenvalue weighted by Gasteiger charge is -2.46. The van der Waals surface area contributed by atoms with Gasteiger partial charge in [0.1, 0.15) is 6.10 Å². The fourth-order valence-electron chi connectivity index (χ4n) is 8.78. The van der Waals surface area contributed by atoms with Crippen molar-refractivity contribution in [1.29, 1.82) is 5.41 Å². The average Bonchev–Trinajstić information content (AvgIpc) is 3.14. The zero-order chi connectivity index (χ0) is 38.4. The molecule has 7 nitrogen and oxygen atoms in total. The van der Waals surface area contributed by atoms with Crippen molar-refractivity contribution in [2.45, 2.75) is 225 Å². The van der Waals surface area contributed by atoms with Crippen molar-refractivity contribution in [3.63, 3.8) is 0 Å². The van der Waals surface area contributed by atoms with Gasteiger partial charge in [-0.15, -0.1) is 0 Å². The van der Waals surface area contributed by atoms with E-state index in [1.54, 1.807) is 0 Å². The molecule has 2 bridgehead atoms. The molecule has 0 aromatic heterocycles. The van der Waals surface area contributed by atoms with Gasteiger partial charge in [0.05, 0.1) is 19.6 Å². The second-order valence-corrected chi connectivity index (χ2v) is 17.5. The summed E-state index contributed by atoms with van der Waals surface area (Å²) in [6.07, 6.45) is 36.0. The van der Waals surface area contributed by atoms with Gasteiger partial charge < -0.3 is 19.1 Å². The molecule has 0 aromatic carbocycles. The molecule has 1 unspecified atom stereocenters. The van der Waals surface area contributed by atoms with Crippen LogP contribution in [-0.4, -0.2) is 62.7 Å². The Kier molecular flexibility index (Phi) is 27.4. The predicted molar refractivity (Wildman–Crippen MR) is 222 cm³/mol. The van der Waals surface area contributed by atoms with E-state index in [9.17, 15) is 9.59 Å². The van der Waals surface area contributed by atoms with Crippen LogP contribution in [0.5, 0.6) is 0 Å². The number of hydrogen-bond donors (Lipinski definition) is 1. The van der Waals surface area contributed by atoms with Gasteiger partial charge in [-0.2, -0.15) is 0 Å². The Hall–Kier alpha value is -1.63. The first-order valence-electron chi connectivity index (χ1n) is 22.9. The van der Waals surface area contributed by atoms with E-state index in [1.807, 2.05) is 14.1 Å². The summed E-state index contributed by atoms with van der Waals surface area (Å²) in [4.78, 5) is 27.2. The van der Waals surface area contributed by atoms with E-state index < -0.39 is 0 Å². The number of nitrogens with one attached hydrogen (secondary N) is 1. The molecule has 1 atom stereocenters. The summed E-state index contributed by atoms with van der Waals surface area (Å²) in [6.45, 7) is 6.72. The molecule has 0 aliphatic heterocycles. The summed E-state index contributed by atoms with van der Waals surface area (Å²) in [6, 6.07) is 0. The van der Waals surface area contributed by atoms with Gasteiger partial charge in [-0.25, -0.2) is 0 Å². The minimum Gasteiger partial charge on any atom is -0.481 e. The van der Waals surface area contributed by atoms with Gasteiger partial charge in [0.25, 0.3) is 0 Å². The molecule has 3 aliphatic rings. The summed E-state index contributed by atoms with van der Waals surface area (Å²) in [5.41, 5.74) is 0.260.